The van der Waals surface area contributed by atoms with Crippen molar-refractivity contribution in [1.82, 2.24) is 15.5 Å². The van der Waals surface area contributed by atoms with Crippen molar-refractivity contribution in [2.24, 2.45) is 0 Å². The molecular weight excluding hydrogens is 314 g/mol. The highest BCUT2D eigenvalue weighted by Gasteiger charge is 2.32. The Hall–Kier alpha value is -2.09. The van der Waals surface area contributed by atoms with Crippen LogP contribution >= 0.6 is 0 Å². The Kier molecular flexibility index (Phi) is 7.21. The third-order valence-corrected chi connectivity index (χ3v) is 3.33. The number of carbonyl (C=O) groups excluding carboxylic acids is 3. The number of ether oxygens (including phenoxy) is 2. The van der Waals surface area contributed by atoms with Crippen LogP contribution in [0.5, 0.6) is 0 Å². The number of amides is 3. The van der Waals surface area contributed by atoms with Gasteiger partial charge in [0.05, 0.1) is 31.8 Å². The number of rotatable bonds is 6. The second-order valence-corrected chi connectivity index (χ2v) is 6.52. The lowest BCUT2D eigenvalue weighted by Gasteiger charge is -2.25. The average molecular weight is 341 g/mol. The van der Waals surface area contributed by atoms with Crippen LogP contribution in [0, 0.1) is 0 Å². The summed E-state index contributed by atoms with van der Waals surface area (Å²) in [6.45, 7) is 11.4. The minimum Gasteiger partial charge on any atom is -0.444 e. The zero-order valence-electron chi connectivity index (χ0n) is 14.8. The smallest absolute Gasteiger partial charge is 0.408 e. The first-order chi connectivity index (χ1) is 11.2. The molecule has 24 heavy (non-hydrogen) atoms. The molecule has 136 valence electrons. The van der Waals surface area contributed by atoms with Gasteiger partial charge in [-0.25, -0.2) is 4.79 Å². The van der Waals surface area contributed by atoms with Crippen molar-refractivity contribution in [2.45, 2.75) is 45.4 Å². The fourth-order valence-electron chi connectivity index (χ4n) is 2.20. The molecule has 0 aromatic rings. The maximum atomic E-state index is 12.1. The molecule has 2 atom stereocenters. The van der Waals surface area contributed by atoms with Gasteiger partial charge in [-0.3, -0.25) is 9.59 Å². The predicted octanol–water partition coefficient (Wildman–Crippen LogP) is 0.429. The lowest BCUT2D eigenvalue weighted by Crippen LogP contribution is -2.53. The summed E-state index contributed by atoms with van der Waals surface area (Å²) in [4.78, 5) is 36.9. The van der Waals surface area contributed by atoms with Crippen LogP contribution in [0.15, 0.2) is 12.7 Å². The van der Waals surface area contributed by atoms with Gasteiger partial charge in [0.1, 0.15) is 5.60 Å². The van der Waals surface area contributed by atoms with Gasteiger partial charge in [-0.1, -0.05) is 6.58 Å². The maximum absolute atomic E-state index is 12.1. The van der Waals surface area contributed by atoms with E-state index in [0.717, 1.165) is 0 Å². The zero-order chi connectivity index (χ0) is 18.3. The molecule has 8 heteroatoms. The van der Waals surface area contributed by atoms with Crippen LogP contribution in [0.1, 0.15) is 27.7 Å². The molecule has 3 amide bonds. The minimum atomic E-state index is -0.602. The van der Waals surface area contributed by atoms with E-state index in [2.05, 4.69) is 17.2 Å². The van der Waals surface area contributed by atoms with Crippen molar-refractivity contribution < 1.29 is 23.9 Å². The number of carbonyl (C=O) groups is 3. The number of alkyl carbamates (subject to hydrolysis) is 1. The summed E-state index contributed by atoms with van der Waals surface area (Å²) in [5, 5.41) is 5.47. The van der Waals surface area contributed by atoms with Gasteiger partial charge >= 0.3 is 6.09 Å². The van der Waals surface area contributed by atoms with E-state index in [9.17, 15) is 14.4 Å². The Balaban J connectivity index is 2.53. The second kappa shape index (κ2) is 8.68. The summed E-state index contributed by atoms with van der Waals surface area (Å²) >= 11 is 0. The monoisotopic (exact) mass is 341 g/mol. The number of likely N-dealkylation sites (N-methyl/N-ethyl adjacent to an activating group) is 1. The third-order valence-electron chi connectivity index (χ3n) is 3.33. The summed E-state index contributed by atoms with van der Waals surface area (Å²) in [6, 6.07) is -0.753. The quantitative estimate of drug-likeness (QED) is 0.683. The first-order valence-electron chi connectivity index (χ1n) is 7.94. The van der Waals surface area contributed by atoms with Crippen LogP contribution in [-0.4, -0.2) is 66.8 Å². The molecule has 1 rings (SSSR count). The van der Waals surface area contributed by atoms with Gasteiger partial charge in [-0.15, -0.1) is 0 Å². The van der Waals surface area contributed by atoms with Crippen molar-refractivity contribution >= 4 is 17.9 Å². The summed E-state index contributed by atoms with van der Waals surface area (Å²) in [6.07, 6.45) is 0.608. The Morgan fingerprint density at radius 3 is 2.33 bits per heavy atom. The largest absolute Gasteiger partial charge is 0.444 e. The molecule has 1 fully saturated rings. The van der Waals surface area contributed by atoms with Gasteiger partial charge in [0.25, 0.3) is 0 Å². The lowest BCUT2D eigenvalue weighted by atomic mass is 10.1. The van der Waals surface area contributed by atoms with Crippen molar-refractivity contribution in [3.05, 3.63) is 12.7 Å². The lowest BCUT2D eigenvalue weighted by molar-refractivity contribution is -0.132. The molecule has 0 bridgehead atoms. The van der Waals surface area contributed by atoms with E-state index in [4.69, 9.17) is 9.47 Å². The number of hydrogen-bond acceptors (Lipinski definition) is 5. The van der Waals surface area contributed by atoms with E-state index in [0.29, 0.717) is 6.54 Å². The molecule has 0 unspecified atom stereocenters. The molecule has 0 spiro atoms. The molecule has 0 radical (unpaired) electrons. The van der Waals surface area contributed by atoms with Crippen LogP contribution in [0.3, 0.4) is 0 Å². The third kappa shape index (κ3) is 6.57. The van der Waals surface area contributed by atoms with E-state index in [1.165, 1.54) is 11.0 Å². The normalized spacial score (nSPS) is 20.2. The fraction of sp³-hybridized carbons (Fsp3) is 0.688. The highest BCUT2D eigenvalue weighted by molar-refractivity contribution is 5.91. The maximum Gasteiger partial charge on any atom is 0.408 e. The number of hydrogen-bond donors (Lipinski definition) is 2. The van der Waals surface area contributed by atoms with Crippen LogP contribution in [0.2, 0.25) is 0 Å². The van der Waals surface area contributed by atoms with Gasteiger partial charge in [0, 0.05) is 6.54 Å². The first-order valence-corrected chi connectivity index (χ1v) is 7.94. The molecule has 0 aliphatic carbocycles. The van der Waals surface area contributed by atoms with Gasteiger partial charge in [0.15, 0.2) is 0 Å². The Labute approximate surface area is 142 Å². The standard InChI is InChI=1S/C16H27N3O5/c1-6-14(21)19(7-2)8-13(20)17-11-9-23-10-12(11)18-15(22)24-16(3,4)5/h6,11-12H,1,7-10H2,2-5H3,(H,17,20)(H,18,22)/t11-,12+/m1/s1. The molecule has 1 aliphatic rings. The van der Waals surface area contributed by atoms with Crippen LogP contribution < -0.4 is 10.6 Å². The molecule has 2 N–H and O–H groups in total. The van der Waals surface area contributed by atoms with Crippen LogP contribution in [0.4, 0.5) is 4.79 Å². The minimum absolute atomic E-state index is 0.0724. The molecule has 0 aromatic carbocycles. The summed E-state index contributed by atoms with van der Waals surface area (Å²) in [5.74, 6) is -0.628. The van der Waals surface area contributed by atoms with E-state index in [-0.39, 0.29) is 43.7 Å². The molecule has 0 saturated carbocycles. The molecule has 1 heterocycles. The van der Waals surface area contributed by atoms with E-state index in [1.807, 2.05) is 0 Å². The van der Waals surface area contributed by atoms with Crippen molar-refractivity contribution in [2.75, 3.05) is 26.3 Å². The zero-order valence-corrected chi connectivity index (χ0v) is 14.8. The van der Waals surface area contributed by atoms with E-state index < -0.39 is 11.7 Å². The molecule has 8 nitrogen and oxygen atoms in total. The van der Waals surface area contributed by atoms with Gasteiger partial charge < -0.3 is 25.0 Å². The van der Waals surface area contributed by atoms with E-state index >= 15 is 0 Å². The summed E-state index contributed by atoms with van der Waals surface area (Å²) in [7, 11) is 0. The Bertz CT molecular complexity index is 487. The van der Waals surface area contributed by atoms with Crippen LogP contribution in [0.25, 0.3) is 0 Å². The summed E-state index contributed by atoms with van der Waals surface area (Å²) < 4.78 is 10.5. The van der Waals surface area contributed by atoms with Crippen molar-refractivity contribution in [3.8, 4) is 0 Å². The average Bonchev–Trinajstić information content (AvgIpc) is 2.88. The van der Waals surface area contributed by atoms with Gasteiger partial charge in [0.2, 0.25) is 11.8 Å². The molecule has 0 aromatic heterocycles. The molecule has 1 saturated heterocycles. The SMILES string of the molecule is C=CC(=O)N(CC)CC(=O)N[C@@H]1COC[C@@H]1NC(=O)OC(C)(C)C. The van der Waals surface area contributed by atoms with Gasteiger partial charge in [-0.05, 0) is 33.8 Å². The second-order valence-electron chi connectivity index (χ2n) is 6.52. The summed E-state index contributed by atoms with van der Waals surface area (Å²) in [5.41, 5.74) is -0.602. The fourth-order valence-corrected chi connectivity index (χ4v) is 2.20. The Morgan fingerprint density at radius 1 is 1.25 bits per heavy atom. The number of nitrogens with one attached hydrogen (secondary N) is 2. The predicted molar refractivity (Wildman–Crippen MR) is 88.4 cm³/mol. The van der Waals surface area contributed by atoms with Gasteiger partial charge in [-0.2, -0.15) is 0 Å². The molecular formula is C16H27N3O5. The van der Waals surface area contributed by atoms with Crippen LogP contribution in [-0.2, 0) is 19.1 Å². The van der Waals surface area contributed by atoms with E-state index in [1.54, 1.807) is 27.7 Å². The number of nitrogens with zero attached hydrogens (tertiary/aromatic N) is 1. The first kappa shape index (κ1) is 20.0. The van der Waals surface area contributed by atoms with Crippen molar-refractivity contribution in [1.29, 1.82) is 0 Å². The highest BCUT2D eigenvalue weighted by Crippen LogP contribution is 2.10. The topological polar surface area (TPSA) is 97.0 Å². The Morgan fingerprint density at radius 2 is 1.83 bits per heavy atom. The van der Waals surface area contributed by atoms with Crippen molar-refractivity contribution in [3.63, 3.8) is 0 Å². The highest BCUT2D eigenvalue weighted by atomic mass is 16.6. The molecule has 1 aliphatic heterocycles.